The molecule has 11 nitrogen and oxygen atoms in total. The molecule has 6 rings (SSSR count). The van der Waals surface area contributed by atoms with E-state index < -0.39 is 0 Å². The summed E-state index contributed by atoms with van der Waals surface area (Å²) < 4.78 is 7.36. The molecule has 0 aliphatic carbocycles. The Labute approximate surface area is 244 Å². The topological polar surface area (TPSA) is 107 Å². The van der Waals surface area contributed by atoms with Gasteiger partial charge < -0.3 is 30.1 Å². The van der Waals surface area contributed by atoms with E-state index in [2.05, 4.69) is 38.5 Å². The Hall–Kier alpha value is -4.92. The van der Waals surface area contributed by atoms with Crippen LogP contribution in [0.2, 0.25) is 0 Å². The molecular weight excluding hydrogens is 532 g/mol. The summed E-state index contributed by atoms with van der Waals surface area (Å²) in [6, 6.07) is 17.6. The van der Waals surface area contributed by atoms with Gasteiger partial charge in [0, 0.05) is 61.4 Å². The third kappa shape index (κ3) is 5.76. The van der Waals surface area contributed by atoms with Crippen LogP contribution in [0.1, 0.15) is 10.4 Å². The van der Waals surface area contributed by atoms with E-state index in [1.54, 1.807) is 40.9 Å². The van der Waals surface area contributed by atoms with E-state index in [1.165, 1.54) is 0 Å². The molecule has 2 aliphatic heterocycles. The number of morpholine rings is 1. The Kier molecular flexibility index (Phi) is 7.72. The molecule has 2 N–H and O–H groups in total. The number of benzene rings is 2. The number of hydrogen-bond acceptors (Lipinski definition) is 7. The molecule has 4 aromatic rings. The van der Waals surface area contributed by atoms with Crippen molar-refractivity contribution in [3.63, 3.8) is 0 Å². The van der Waals surface area contributed by atoms with Crippen molar-refractivity contribution in [2.45, 2.75) is 6.04 Å². The molecule has 0 spiro atoms. The van der Waals surface area contributed by atoms with Crippen molar-refractivity contribution in [1.82, 2.24) is 24.4 Å². The highest BCUT2D eigenvalue weighted by atomic mass is 16.5. The second-order valence-electron chi connectivity index (χ2n) is 10.4. The number of amides is 3. The lowest BCUT2D eigenvalue weighted by Gasteiger charge is -2.33. The second kappa shape index (κ2) is 11.9. The van der Waals surface area contributed by atoms with Crippen LogP contribution in [0.25, 0.3) is 16.9 Å². The average molecular weight is 565 g/mol. The van der Waals surface area contributed by atoms with Crippen LogP contribution in [0.15, 0.2) is 66.9 Å². The Bertz CT molecular complexity index is 1620. The summed E-state index contributed by atoms with van der Waals surface area (Å²) in [5, 5.41) is 10.3. The molecule has 4 heterocycles. The predicted molar refractivity (Wildman–Crippen MR) is 162 cm³/mol. The molecule has 2 fully saturated rings. The van der Waals surface area contributed by atoms with Gasteiger partial charge in [0.1, 0.15) is 11.6 Å². The van der Waals surface area contributed by atoms with E-state index in [9.17, 15) is 9.59 Å². The van der Waals surface area contributed by atoms with E-state index in [1.807, 2.05) is 35.4 Å². The molecular formula is C31H32N8O3. The maximum atomic E-state index is 12.8. The predicted octanol–water partition coefficient (Wildman–Crippen LogP) is 3.27. The number of nitrogens with one attached hydrogen (secondary N) is 2. The molecule has 2 saturated heterocycles. The fourth-order valence-corrected chi connectivity index (χ4v) is 5.13. The number of urea groups is 1. The van der Waals surface area contributed by atoms with E-state index in [-0.39, 0.29) is 18.0 Å². The van der Waals surface area contributed by atoms with E-state index in [0.29, 0.717) is 55.6 Å². The summed E-state index contributed by atoms with van der Waals surface area (Å²) >= 11 is 0. The molecule has 0 radical (unpaired) electrons. The van der Waals surface area contributed by atoms with Gasteiger partial charge in [-0.15, -0.1) is 11.5 Å². The molecule has 2 aromatic heterocycles. The van der Waals surface area contributed by atoms with Crippen LogP contribution in [-0.4, -0.2) is 95.4 Å². The molecule has 0 saturated carbocycles. The van der Waals surface area contributed by atoms with E-state index in [4.69, 9.17) is 16.1 Å². The van der Waals surface area contributed by atoms with Crippen LogP contribution in [0.3, 0.4) is 0 Å². The Morgan fingerprint density at radius 3 is 2.33 bits per heavy atom. The molecule has 11 heteroatoms. The van der Waals surface area contributed by atoms with Crippen molar-refractivity contribution in [2.75, 3.05) is 68.5 Å². The number of piperazine rings is 1. The highest BCUT2D eigenvalue weighted by molar-refractivity contribution is 6.00. The van der Waals surface area contributed by atoms with E-state index in [0.717, 1.165) is 30.0 Å². The van der Waals surface area contributed by atoms with Crippen LogP contribution in [0, 0.1) is 12.3 Å². The number of rotatable bonds is 5. The molecule has 214 valence electrons. The van der Waals surface area contributed by atoms with Crippen LogP contribution in [0.5, 0.6) is 0 Å². The van der Waals surface area contributed by atoms with Gasteiger partial charge in [0.2, 0.25) is 0 Å². The van der Waals surface area contributed by atoms with Gasteiger partial charge in [-0.1, -0.05) is 5.92 Å². The Morgan fingerprint density at radius 2 is 1.64 bits per heavy atom. The molecule has 2 aromatic carbocycles. The smallest absolute Gasteiger partial charge is 0.323 e. The zero-order valence-electron chi connectivity index (χ0n) is 23.4. The number of ether oxygens (including phenoxy) is 1. The summed E-state index contributed by atoms with van der Waals surface area (Å²) in [5.74, 6) is 4.11. The lowest BCUT2D eigenvalue weighted by molar-refractivity contribution is 0.0664. The number of carbonyl (C=O) groups excluding carboxylic acids is 2. The highest BCUT2D eigenvalue weighted by Crippen LogP contribution is 2.27. The number of anilines is 3. The van der Waals surface area contributed by atoms with E-state index >= 15 is 0 Å². The number of aromatic nitrogens is 3. The van der Waals surface area contributed by atoms with Crippen molar-refractivity contribution >= 4 is 34.6 Å². The molecule has 0 unspecified atom stereocenters. The number of terminal acetylenes is 1. The zero-order chi connectivity index (χ0) is 29.1. The standard InChI is InChI=1S/C31H32N8O3/c1-3-26-21-42-20-19-38(26)29-27-5-4-14-39(27)35-28(34-29)22-6-10-24(11-7-22)32-31(41)33-25-12-8-23(9-13-25)30(40)37-17-15-36(2)16-18-37/h1,4-14,26H,15-21H2,2H3,(H2,32,33,41)/t26-/m1/s1. The quantitative estimate of drug-likeness (QED) is 0.359. The lowest BCUT2D eigenvalue weighted by Crippen LogP contribution is -2.47. The van der Waals surface area contributed by atoms with Crippen LogP contribution >= 0.6 is 0 Å². The van der Waals surface area contributed by atoms with Gasteiger partial charge in [0.15, 0.2) is 11.6 Å². The summed E-state index contributed by atoms with van der Waals surface area (Å²) in [7, 11) is 2.05. The lowest BCUT2D eigenvalue weighted by atomic mass is 10.1. The first-order valence-corrected chi connectivity index (χ1v) is 13.9. The molecule has 1 atom stereocenters. The minimum absolute atomic E-state index is 0.00651. The minimum atomic E-state index is -0.388. The van der Waals surface area contributed by atoms with Crippen LogP contribution < -0.4 is 15.5 Å². The minimum Gasteiger partial charge on any atom is -0.376 e. The van der Waals surface area contributed by atoms with Crippen molar-refractivity contribution in [1.29, 1.82) is 0 Å². The molecule has 0 bridgehead atoms. The first kappa shape index (κ1) is 27.3. The molecule has 3 amide bonds. The Morgan fingerprint density at radius 1 is 0.952 bits per heavy atom. The van der Waals surface area contributed by atoms with Gasteiger partial charge in [-0.05, 0) is 67.7 Å². The van der Waals surface area contributed by atoms with Gasteiger partial charge in [-0.25, -0.2) is 14.3 Å². The van der Waals surface area contributed by atoms with Gasteiger partial charge in [0.25, 0.3) is 5.91 Å². The maximum absolute atomic E-state index is 12.8. The normalized spacial score (nSPS) is 17.6. The van der Waals surface area contributed by atoms with Gasteiger partial charge in [-0.2, -0.15) is 0 Å². The number of hydrogen-bond donors (Lipinski definition) is 2. The largest absolute Gasteiger partial charge is 0.376 e. The average Bonchev–Trinajstić information content (AvgIpc) is 3.50. The summed E-state index contributed by atoms with van der Waals surface area (Å²) in [6.45, 7) is 4.82. The Balaban J connectivity index is 1.11. The van der Waals surface area contributed by atoms with Gasteiger partial charge >= 0.3 is 6.03 Å². The SMILES string of the molecule is C#C[C@@H]1COCCN1c1nc(-c2ccc(NC(=O)Nc3ccc(C(=O)N4CCN(C)CC4)cc3)cc2)nn2cccc12. The number of likely N-dealkylation sites (N-methyl/N-ethyl adjacent to an activating group) is 1. The third-order valence-electron chi connectivity index (χ3n) is 7.55. The summed E-state index contributed by atoms with van der Waals surface area (Å²) in [5.41, 5.74) is 3.47. The fraction of sp³-hybridized carbons (Fsp3) is 0.290. The second-order valence-corrected chi connectivity index (χ2v) is 10.4. The van der Waals surface area contributed by atoms with Crippen molar-refractivity contribution < 1.29 is 14.3 Å². The molecule has 2 aliphatic rings. The monoisotopic (exact) mass is 564 g/mol. The first-order chi connectivity index (χ1) is 20.5. The summed E-state index contributed by atoms with van der Waals surface area (Å²) in [4.78, 5) is 36.5. The third-order valence-corrected chi connectivity index (χ3v) is 7.55. The van der Waals surface area contributed by atoms with Crippen molar-refractivity contribution in [2.24, 2.45) is 0 Å². The van der Waals surface area contributed by atoms with Crippen LogP contribution in [0.4, 0.5) is 22.0 Å². The maximum Gasteiger partial charge on any atom is 0.323 e. The molecule has 42 heavy (non-hydrogen) atoms. The fourth-order valence-electron chi connectivity index (χ4n) is 5.13. The zero-order valence-corrected chi connectivity index (χ0v) is 23.4. The first-order valence-electron chi connectivity index (χ1n) is 13.9. The number of fused-ring (bicyclic) bond motifs is 1. The number of carbonyl (C=O) groups is 2. The van der Waals surface area contributed by atoms with Crippen molar-refractivity contribution in [3.05, 3.63) is 72.4 Å². The summed E-state index contributed by atoms with van der Waals surface area (Å²) in [6.07, 6.45) is 7.66. The number of nitrogens with zero attached hydrogens (tertiary/aromatic N) is 6. The van der Waals surface area contributed by atoms with Crippen LogP contribution in [-0.2, 0) is 4.74 Å². The van der Waals surface area contributed by atoms with Gasteiger partial charge in [-0.3, -0.25) is 4.79 Å². The van der Waals surface area contributed by atoms with Crippen molar-refractivity contribution in [3.8, 4) is 23.7 Å². The highest BCUT2D eigenvalue weighted by Gasteiger charge is 2.25. The van der Waals surface area contributed by atoms with Gasteiger partial charge in [0.05, 0.1) is 13.2 Å².